The van der Waals surface area contributed by atoms with Crippen LogP contribution >= 0.6 is 0 Å². The van der Waals surface area contributed by atoms with E-state index < -0.39 is 0 Å². The van der Waals surface area contributed by atoms with Crippen LogP contribution in [0.25, 0.3) is 0 Å². The first-order valence-electron chi connectivity index (χ1n) is 10.8. The van der Waals surface area contributed by atoms with Gasteiger partial charge in [0.1, 0.15) is 18.0 Å². The summed E-state index contributed by atoms with van der Waals surface area (Å²) >= 11 is 0. The van der Waals surface area contributed by atoms with Gasteiger partial charge in [-0.15, -0.1) is 0 Å². The van der Waals surface area contributed by atoms with E-state index in [9.17, 15) is 0 Å². The van der Waals surface area contributed by atoms with Crippen molar-refractivity contribution in [3.05, 3.63) is 36.2 Å². The summed E-state index contributed by atoms with van der Waals surface area (Å²) in [5.41, 5.74) is 1.27. The van der Waals surface area contributed by atoms with Gasteiger partial charge in [-0.25, -0.2) is 9.97 Å². The average molecular weight is 396 g/mol. The Bertz CT molecular complexity index is 830. The monoisotopic (exact) mass is 395 g/mol. The van der Waals surface area contributed by atoms with Gasteiger partial charge in [0.15, 0.2) is 11.5 Å². The van der Waals surface area contributed by atoms with Gasteiger partial charge >= 0.3 is 0 Å². The van der Waals surface area contributed by atoms with E-state index >= 15 is 0 Å². The highest BCUT2D eigenvalue weighted by atomic mass is 16.7. The second-order valence-electron chi connectivity index (χ2n) is 8.09. The molecule has 3 aliphatic heterocycles. The minimum Gasteiger partial charge on any atom is -0.454 e. The highest BCUT2D eigenvalue weighted by molar-refractivity contribution is 5.50. The summed E-state index contributed by atoms with van der Waals surface area (Å²) in [5, 5.41) is 0. The third-order valence-corrected chi connectivity index (χ3v) is 6.11. The maximum absolute atomic E-state index is 5.51. The Kier molecular flexibility index (Phi) is 5.39. The molecule has 2 saturated heterocycles. The summed E-state index contributed by atoms with van der Waals surface area (Å²) < 4.78 is 10.9. The van der Waals surface area contributed by atoms with Gasteiger partial charge in [0.25, 0.3) is 0 Å². The minimum atomic E-state index is 0.329. The molecule has 154 valence electrons. The molecule has 0 unspecified atom stereocenters. The third kappa shape index (κ3) is 4.24. The Labute approximate surface area is 172 Å². The first kappa shape index (κ1) is 18.5. The molecule has 0 atom stereocenters. The molecule has 0 aliphatic carbocycles. The van der Waals surface area contributed by atoms with Crippen molar-refractivity contribution >= 4 is 11.6 Å². The predicted octanol–water partition coefficient (Wildman–Crippen LogP) is 2.91. The molecule has 0 N–H and O–H groups in total. The number of aromatic nitrogens is 2. The molecular formula is C22H29N5O2. The summed E-state index contributed by atoms with van der Waals surface area (Å²) in [6, 6.07) is 8.43. The molecule has 4 heterocycles. The van der Waals surface area contributed by atoms with Gasteiger partial charge in [-0.2, -0.15) is 0 Å². The number of hydrogen-bond donors (Lipinski definition) is 0. The molecule has 0 bridgehead atoms. The average Bonchev–Trinajstić information content (AvgIpc) is 3.06. The lowest BCUT2D eigenvalue weighted by molar-refractivity contribution is 0.174. The Morgan fingerprint density at radius 3 is 2.17 bits per heavy atom. The molecule has 1 aromatic carbocycles. The van der Waals surface area contributed by atoms with Crippen molar-refractivity contribution in [1.82, 2.24) is 14.9 Å². The number of rotatable bonds is 4. The zero-order valence-corrected chi connectivity index (χ0v) is 16.9. The van der Waals surface area contributed by atoms with Crippen LogP contribution in [-0.4, -0.2) is 60.9 Å². The van der Waals surface area contributed by atoms with E-state index in [0.29, 0.717) is 6.79 Å². The second-order valence-corrected chi connectivity index (χ2v) is 8.09. The van der Waals surface area contributed by atoms with Gasteiger partial charge in [-0.3, -0.25) is 4.90 Å². The van der Waals surface area contributed by atoms with Crippen molar-refractivity contribution in [3.8, 4) is 11.5 Å². The molecule has 0 radical (unpaired) electrons. The van der Waals surface area contributed by atoms with Crippen LogP contribution in [0.2, 0.25) is 0 Å². The molecule has 3 aliphatic rings. The molecule has 7 nitrogen and oxygen atoms in total. The lowest BCUT2D eigenvalue weighted by Crippen LogP contribution is -2.46. The van der Waals surface area contributed by atoms with Crippen molar-refractivity contribution in [2.45, 2.75) is 32.2 Å². The minimum absolute atomic E-state index is 0.329. The number of piperazine rings is 1. The molecule has 2 aromatic rings. The first-order chi connectivity index (χ1) is 14.3. The van der Waals surface area contributed by atoms with Crippen LogP contribution in [0, 0.1) is 0 Å². The third-order valence-electron chi connectivity index (χ3n) is 6.11. The van der Waals surface area contributed by atoms with Crippen LogP contribution < -0.4 is 19.3 Å². The Hall–Kier alpha value is -2.54. The van der Waals surface area contributed by atoms with Crippen molar-refractivity contribution < 1.29 is 9.47 Å². The van der Waals surface area contributed by atoms with Crippen LogP contribution in [0.4, 0.5) is 11.6 Å². The summed E-state index contributed by atoms with van der Waals surface area (Å²) in [4.78, 5) is 16.4. The normalized spacial score (nSPS) is 20.0. The number of fused-ring (bicyclic) bond motifs is 1. The maximum atomic E-state index is 5.51. The van der Waals surface area contributed by atoms with E-state index in [0.717, 1.165) is 68.9 Å². The first-order valence-corrected chi connectivity index (χ1v) is 10.8. The van der Waals surface area contributed by atoms with E-state index in [1.807, 2.05) is 6.07 Å². The van der Waals surface area contributed by atoms with Gasteiger partial charge in [0.05, 0.1) is 0 Å². The topological polar surface area (TPSA) is 54.0 Å². The van der Waals surface area contributed by atoms with Crippen molar-refractivity contribution in [1.29, 1.82) is 0 Å². The Morgan fingerprint density at radius 2 is 1.41 bits per heavy atom. The molecule has 0 spiro atoms. The fourth-order valence-corrected chi connectivity index (χ4v) is 4.42. The van der Waals surface area contributed by atoms with E-state index in [-0.39, 0.29) is 0 Å². The van der Waals surface area contributed by atoms with Crippen molar-refractivity contribution in [3.63, 3.8) is 0 Å². The molecule has 5 rings (SSSR count). The summed E-state index contributed by atoms with van der Waals surface area (Å²) in [7, 11) is 0. The number of ether oxygens (including phenoxy) is 2. The van der Waals surface area contributed by atoms with E-state index in [2.05, 4.69) is 42.9 Å². The van der Waals surface area contributed by atoms with Crippen LogP contribution in [0.3, 0.4) is 0 Å². The SMILES string of the molecule is c1nc(N2CCCCCC2)cc(N2CCN(Cc3ccc4c(c3)OCO4)CC2)n1. The van der Waals surface area contributed by atoms with Crippen LogP contribution in [0.15, 0.2) is 30.6 Å². The molecule has 1 aromatic heterocycles. The fourth-order valence-electron chi connectivity index (χ4n) is 4.42. The maximum Gasteiger partial charge on any atom is 0.231 e. The van der Waals surface area contributed by atoms with Crippen LogP contribution in [0.1, 0.15) is 31.2 Å². The zero-order chi connectivity index (χ0) is 19.5. The number of anilines is 2. The number of nitrogens with zero attached hydrogens (tertiary/aromatic N) is 5. The molecule has 7 heteroatoms. The Balaban J connectivity index is 1.19. The van der Waals surface area contributed by atoms with Crippen molar-refractivity contribution in [2.75, 3.05) is 55.9 Å². The quantitative estimate of drug-likeness (QED) is 0.789. The van der Waals surface area contributed by atoms with Crippen LogP contribution in [-0.2, 0) is 6.54 Å². The molecular weight excluding hydrogens is 366 g/mol. The van der Waals surface area contributed by atoms with E-state index in [4.69, 9.17) is 9.47 Å². The highest BCUT2D eigenvalue weighted by Gasteiger charge is 2.21. The van der Waals surface area contributed by atoms with Gasteiger partial charge in [0.2, 0.25) is 6.79 Å². The molecule has 2 fully saturated rings. The lowest BCUT2D eigenvalue weighted by atomic mass is 10.1. The lowest BCUT2D eigenvalue weighted by Gasteiger charge is -2.35. The largest absolute Gasteiger partial charge is 0.454 e. The van der Waals surface area contributed by atoms with Crippen LogP contribution in [0.5, 0.6) is 11.5 Å². The second kappa shape index (κ2) is 8.45. The summed E-state index contributed by atoms with van der Waals surface area (Å²) in [5.74, 6) is 3.85. The standard InChI is InChI=1S/C22H29N5O2/c1-2-4-8-26(7-3-1)21-14-22(24-16-23-21)27-11-9-25(10-12-27)15-18-5-6-19-20(13-18)29-17-28-19/h5-6,13-14,16H,1-4,7-12,15,17H2. The zero-order valence-electron chi connectivity index (χ0n) is 16.9. The van der Waals surface area contributed by atoms with E-state index in [1.54, 1.807) is 6.33 Å². The van der Waals surface area contributed by atoms with Gasteiger partial charge in [-0.05, 0) is 30.5 Å². The summed E-state index contributed by atoms with van der Waals surface area (Å²) in [6.45, 7) is 7.51. The van der Waals surface area contributed by atoms with Gasteiger partial charge in [-0.1, -0.05) is 18.9 Å². The van der Waals surface area contributed by atoms with Gasteiger partial charge in [0, 0.05) is 51.9 Å². The predicted molar refractivity (Wildman–Crippen MR) is 113 cm³/mol. The van der Waals surface area contributed by atoms with Crippen molar-refractivity contribution in [2.24, 2.45) is 0 Å². The summed E-state index contributed by atoms with van der Waals surface area (Å²) in [6.07, 6.45) is 6.92. The number of hydrogen-bond acceptors (Lipinski definition) is 7. The number of benzene rings is 1. The molecule has 0 amide bonds. The Morgan fingerprint density at radius 1 is 0.724 bits per heavy atom. The molecule has 29 heavy (non-hydrogen) atoms. The highest BCUT2D eigenvalue weighted by Crippen LogP contribution is 2.33. The fraction of sp³-hybridized carbons (Fsp3) is 0.545. The smallest absolute Gasteiger partial charge is 0.231 e. The molecule has 0 saturated carbocycles. The van der Waals surface area contributed by atoms with E-state index in [1.165, 1.54) is 31.2 Å². The van der Waals surface area contributed by atoms with Gasteiger partial charge < -0.3 is 19.3 Å².